The van der Waals surface area contributed by atoms with E-state index in [1.54, 1.807) is 12.1 Å². The van der Waals surface area contributed by atoms with E-state index in [-0.39, 0.29) is 17.8 Å². The monoisotopic (exact) mass is 454 g/mol. The molecular weight excluding hydrogens is 431 g/mol. The average Bonchev–Trinajstić information content (AvgIpc) is 2.74. The van der Waals surface area contributed by atoms with Gasteiger partial charge in [-0.1, -0.05) is 15.9 Å². The van der Waals surface area contributed by atoms with Crippen molar-refractivity contribution in [3.63, 3.8) is 0 Å². The van der Waals surface area contributed by atoms with E-state index in [2.05, 4.69) is 33.2 Å². The van der Waals surface area contributed by atoms with Crippen LogP contribution in [0.15, 0.2) is 59.2 Å². The van der Waals surface area contributed by atoms with Gasteiger partial charge in [0.2, 0.25) is 0 Å². The Morgan fingerprint density at radius 1 is 1.10 bits per heavy atom. The Hall–Kier alpha value is -2.27. The van der Waals surface area contributed by atoms with Crippen LogP contribution >= 0.6 is 15.9 Å². The maximum absolute atomic E-state index is 13.8. The summed E-state index contributed by atoms with van der Waals surface area (Å²) in [5.41, 5.74) is 2.72. The van der Waals surface area contributed by atoms with Crippen LogP contribution in [0.25, 0.3) is 10.9 Å². The molecule has 2 aromatic carbocycles. The van der Waals surface area contributed by atoms with E-state index in [1.807, 2.05) is 36.5 Å². The Bertz CT molecular complexity index is 1010. The molecule has 5 heteroatoms. The smallest absolute Gasteiger partial charge is 0.251 e. The molecule has 0 spiro atoms. The number of benzene rings is 2. The predicted octanol–water partition coefficient (Wildman–Crippen LogP) is 6.23. The first kappa shape index (κ1) is 20.0. The van der Waals surface area contributed by atoms with Crippen molar-refractivity contribution in [2.75, 3.05) is 0 Å². The Morgan fingerprint density at radius 3 is 2.55 bits per heavy atom. The molecule has 1 saturated carbocycles. The van der Waals surface area contributed by atoms with Crippen LogP contribution in [0.2, 0.25) is 0 Å². The molecular formula is C24H24BrFN2O. The van der Waals surface area contributed by atoms with Crippen molar-refractivity contribution in [2.24, 2.45) is 5.92 Å². The Kier molecular flexibility index (Phi) is 5.95. The zero-order valence-corrected chi connectivity index (χ0v) is 18.0. The van der Waals surface area contributed by atoms with Crippen molar-refractivity contribution in [2.45, 2.75) is 44.6 Å². The number of nitrogens with one attached hydrogen (secondary N) is 1. The number of amides is 1. The molecule has 1 aliphatic rings. The number of rotatable bonds is 4. The molecule has 150 valence electrons. The molecule has 0 radical (unpaired) electrons. The summed E-state index contributed by atoms with van der Waals surface area (Å²) in [6.07, 6.45) is 6.00. The lowest BCUT2D eigenvalue weighted by Gasteiger charge is -2.33. The fourth-order valence-corrected chi connectivity index (χ4v) is 4.70. The van der Waals surface area contributed by atoms with Gasteiger partial charge in [0.05, 0.1) is 5.52 Å². The van der Waals surface area contributed by atoms with Crippen LogP contribution in [0.5, 0.6) is 0 Å². The van der Waals surface area contributed by atoms with Crippen molar-refractivity contribution in [3.05, 3.63) is 76.1 Å². The highest BCUT2D eigenvalue weighted by atomic mass is 79.9. The summed E-state index contributed by atoms with van der Waals surface area (Å²) in [5.74, 6) is 0.621. The SMILES string of the molecule is C[C@@H](NC(=O)c1ccc(Br)cc1)C1CCC(c2ccnc3ccc(F)cc23)CC1. The maximum atomic E-state index is 13.8. The van der Waals surface area contributed by atoms with Crippen LogP contribution in [0, 0.1) is 11.7 Å². The molecule has 1 aromatic heterocycles. The molecule has 0 aliphatic heterocycles. The molecule has 1 atom stereocenters. The topological polar surface area (TPSA) is 42.0 Å². The fourth-order valence-electron chi connectivity index (χ4n) is 4.44. The molecule has 0 bridgehead atoms. The number of aromatic nitrogens is 1. The van der Waals surface area contributed by atoms with Gasteiger partial charge in [0, 0.05) is 27.7 Å². The van der Waals surface area contributed by atoms with E-state index in [9.17, 15) is 9.18 Å². The summed E-state index contributed by atoms with van der Waals surface area (Å²) in [6, 6.07) is 14.4. The minimum atomic E-state index is -0.218. The van der Waals surface area contributed by atoms with Gasteiger partial charge in [-0.2, -0.15) is 0 Å². The molecule has 3 nitrogen and oxygen atoms in total. The van der Waals surface area contributed by atoms with Crippen LogP contribution in [-0.2, 0) is 0 Å². The summed E-state index contributed by atoms with van der Waals surface area (Å²) in [7, 11) is 0. The lowest BCUT2D eigenvalue weighted by Crippen LogP contribution is -2.39. The molecule has 1 aliphatic carbocycles. The second kappa shape index (κ2) is 8.62. The number of pyridine rings is 1. The van der Waals surface area contributed by atoms with E-state index in [0.29, 0.717) is 17.4 Å². The van der Waals surface area contributed by atoms with Gasteiger partial charge in [-0.05, 0) is 98.5 Å². The zero-order valence-electron chi connectivity index (χ0n) is 16.4. The number of hydrogen-bond donors (Lipinski definition) is 1. The van der Waals surface area contributed by atoms with Crippen molar-refractivity contribution < 1.29 is 9.18 Å². The molecule has 1 heterocycles. The van der Waals surface area contributed by atoms with E-state index in [1.165, 1.54) is 11.6 Å². The van der Waals surface area contributed by atoms with Crippen molar-refractivity contribution >= 4 is 32.7 Å². The quantitative estimate of drug-likeness (QED) is 0.507. The van der Waals surface area contributed by atoms with Crippen LogP contribution in [0.1, 0.15) is 54.4 Å². The number of halogens is 2. The zero-order chi connectivity index (χ0) is 20.4. The molecule has 1 fully saturated rings. The number of nitrogens with zero attached hydrogens (tertiary/aromatic N) is 1. The first-order valence-electron chi connectivity index (χ1n) is 10.1. The van der Waals surface area contributed by atoms with E-state index < -0.39 is 0 Å². The minimum absolute atomic E-state index is 0.0253. The van der Waals surface area contributed by atoms with Gasteiger partial charge >= 0.3 is 0 Å². The molecule has 3 aromatic rings. The second-order valence-electron chi connectivity index (χ2n) is 7.94. The predicted molar refractivity (Wildman–Crippen MR) is 117 cm³/mol. The number of carbonyl (C=O) groups is 1. The second-order valence-corrected chi connectivity index (χ2v) is 8.86. The van der Waals surface area contributed by atoms with E-state index in [0.717, 1.165) is 41.1 Å². The van der Waals surface area contributed by atoms with Crippen LogP contribution in [-0.4, -0.2) is 16.9 Å². The van der Waals surface area contributed by atoms with Gasteiger partial charge in [0.15, 0.2) is 0 Å². The van der Waals surface area contributed by atoms with Crippen molar-refractivity contribution in [1.29, 1.82) is 0 Å². The third-order valence-electron chi connectivity index (χ3n) is 6.12. The molecule has 0 saturated heterocycles. The lowest BCUT2D eigenvalue weighted by molar-refractivity contribution is 0.0918. The van der Waals surface area contributed by atoms with Gasteiger partial charge in [-0.15, -0.1) is 0 Å². The summed E-state index contributed by atoms with van der Waals surface area (Å²) in [4.78, 5) is 16.9. The van der Waals surface area contributed by atoms with Gasteiger partial charge in [0.25, 0.3) is 5.91 Å². The van der Waals surface area contributed by atoms with Crippen molar-refractivity contribution in [3.8, 4) is 0 Å². The highest BCUT2D eigenvalue weighted by molar-refractivity contribution is 9.10. The average molecular weight is 455 g/mol. The normalized spacial score (nSPS) is 20.4. The van der Waals surface area contributed by atoms with Gasteiger partial charge in [-0.25, -0.2) is 4.39 Å². The fraction of sp³-hybridized carbons (Fsp3) is 0.333. The minimum Gasteiger partial charge on any atom is -0.349 e. The molecule has 1 N–H and O–H groups in total. The Balaban J connectivity index is 1.40. The maximum Gasteiger partial charge on any atom is 0.251 e. The first-order valence-corrected chi connectivity index (χ1v) is 10.9. The largest absolute Gasteiger partial charge is 0.349 e. The Labute approximate surface area is 178 Å². The van der Waals surface area contributed by atoms with E-state index >= 15 is 0 Å². The lowest BCUT2D eigenvalue weighted by atomic mass is 9.75. The standard InChI is InChI=1S/C24H24BrFN2O/c1-15(28-24(29)18-6-8-19(25)9-7-18)16-2-4-17(5-3-16)21-12-13-27-23-11-10-20(26)14-22(21)23/h6-17H,2-5H2,1H3,(H,28,29)/t15-,16?,17?/m1/s1. The third kappa shape index (κ3) is 4.50. The van der Waals surface area contributed by atoms with E-state index in [4.69, 9.17) is 0 Å². The van der Waals surface area contributed by atoms with Crippen LogP contribution in [0.3, 0.4) is 0 Å². The van der Waals surface area contributed by atoms with Gasteiger partial charge < -0.3 is 5.32 Å². The molecule has 29 heavy (non-hydrogen) atoms. The summed E-state index contributed by atoms with van der Waals surface area (Å²) >= 11 is 3.40. The van der Waals surface area contributed by atoms with Crippen LogP contribution < -0.4 is 5.32 Å². The molecule has 1 amide bonds. The summed E-state index contributed by atoms with van der Waals surface area (Å²) in [5, 5.41) is 4.09. The first-order chi connectivity index (χ1) is 14.0. The van der Waals surface area contributed by atoms with Crippen molar-refractivity contribution in [1.82, 2.24) is 10.3 Å². The molecule has 4 rings (SSSR count). The van der Waals surface area contributed by atoms with Gasteiger partial charge in [0.1, 0.15) is 5.82 Å². The number of carbonyl (C=O) groups excluding carboxylic acids is 1. The highest BCUT2D eigenvalue weighted by Gasteiger charge is 2.28. The van der Waals surface area contributed by atoms with Gasteiger partial charge in [-0.3, -0.25) is 9.78 Å². The summed E-state index contributed by atoms with van der Waals surface area (Å²) < 4.78 is 14.7. The molecule has 0 unspecified atom stereocenters. The third-order valence-corrected chi connectivity index (χ3v) is 6.65. The number of fused-ring (bicyclic) bond motifs is 1. The Morgan fingerprint density at radius 2 is 1.83 bits per heavy atom. The van der Waals surface area contributed by atoms with Crippen LogP contribution in [0.4, 0.5) is 4.39 Å². The highest BCUT2D eigenvalue weighted by Crippen LogP contribution is 2.39. The summed E-state index contributed by atoms with van der Waals surface area (Å²) in [6.45, 7) is 2.10. The number of hydrogen-bond acceptors (Lipinski definition) is 2.